The summed E-state index contributed by atoms with van der Waals surface area (Å²) in [6.45, 7) is 0. The van der Waals surface area contributed by atoms with Gasteiger partial charge in [0, 0.05) is 23.3 Å². The Bertz CT molecular complexity index is 1460. The van der Waals surface area contributed by atoms with Crippen LogP contribution in [0.1, 0.15) is 18.4 Å². The lowest BCUT2D eigenvalue weighted by Gasteiger charge is -2.17. The minimum Gasteiger partial charge on any atom is -0.504 e. The Kier molecular flexibility index (Phi) is 7.19. The second kappa shape index (κ2) is 10.5. The Morgan fingerprint density at radius 3 is 2.38 bits per heavy atom. The molecular formula is C27H23F2N3O5. The van der Waals surface area contributed by atoms with Gasteiger partial charge >= 0.3 is 0 Å². The average Bonchev–Trinajstić information content (AvgIpc) is 3.69. The number of amides is 2. The highest BCUT2D eigenvalue weighted by molar-refractivity contribution is 6.01. The van der Waals surface area contributed by atoms with E-state index in [9.17, 15) is 14.3 Å². The molecule has 0 unspecified atom stereocenters. The van der Waals surface area contributed by atoms with Gasteiger partial charge in [-0.1, -0.05) is 6.07 Å². The fourth-order valence-corrected chi connectivity index (χ4v) is 3.94. The molecule has 1 aliphatic rings. The van der Waals surface area contributed by atoms with E-state index in [-0.39, 0.29) is 29.6 Å². The number of rotatable bonds is 6. The highest BCUT2D eigenvalue weighted by atomic mass is 19.1. The molecular weight excluding hydrogens is 484 g/mol. The Labute approximate surface area is 210 Å². The average molecular weight is 507 g/mol. The third-order valence-corrected chi connectivity index (χ3v) is 5.99. The topological polar surface area (TPSA) is 124 Å². The maximum Gasteiger partial charge on any atom is 0.235 e. The van der Waals surface area contributed by atoms with Gasteiger partial charge in [-0.15, -0.1) is 0 Å². The van der Waals surface area contributed by atoms with Crippen molar-refractivity contribution in [3.63, 3.8) is 0 Å². The van der Waals surface area contributed by atoms with Crippen LogP contribution in [0.3, 0.4) is 0 Å². The van der Waals surface area contributed by atoms with Gasteiger partial charge in [-0.25, -0.2) is 8.78 Å². The van der Waals surface area contributed by atoms with Crippen molar-refractivity contribution in [1.29, 1.82) is 0 Å². The molecule has 0 saturated heterocycles. The largest absolute Gasteiger partial charge is 0.504 e. The predicted molar refractivity (Wildman–Crippen MR) is 133 cm³/mol. The number of pyridine rings is 1. The van der Waals surface area contributed by atoms with E-state index >= 15 is 4.39 Å². The first-order valence-electron chi connectivity index (χ1n) is 11.2. The molecule has 0 bridgehead atoms. The molecule has 10 heteroatoms. The molecule has 1 saturated carbocycles. The SMILES string of the molecule is COc1cc2c(Oc3ccc(C4(C(=O)Nc5ccc(F)cc5)CC4)cc3F)ccnc2cc1O.NC=O. The summed E-state index contributed by atoms with van der Waals surface area (Å²) < 4.78 is 39.2. The van der Waals surface area contributed by atoms with Crippen LogP contribution in [0, 0.1) is 11.6 Å². The molecule has 8 nitrogen and oxygen atoms in total. The molecule has 3 aromatic carbocycles. The number of nitrogens with two attached hydrogens (primary N) is 1. The number of aromatic hydroxyl groups is 1. The number of carbonyl (C=O) groups is 2. The van der Waals surface area contributed by atoms with Crippen LogP contribution in [0.15, 0.2) is 66.9 Å². The summed E-state index contributed by atoms with van der Waals surface area (Å²) in [5.41, 5.74) is 4.82. The fraction of sp³-hybridized carbons (Fsp3) is 0.148. The van der Waals surface area contributed by atoms with Gasteiger partial charge < -0.3 is 25.6 Å². The third-order valence-electron chi connectivity index (χ3n) is 5.99. The lowest BCUT2D eigenvalue weighted by atomic mass is 9.94. The summed E-state index contributed by atoms with van der Waals surface area (Å²) in [6.07, 6.45) is 2.91. The quantitative estimate of drug-likeness (QED) is 0.323. The number of hydrogen-bond donors (Lipinski definition) is 3. The standard InChI is InChI=1S/C26H20F2N2O4.CH3NO/c1-33-24-13-18-20(14-21(24)31)29-11-8-22(18)34-23-7-2-15(12-19(23)28)26(9-10-26)25(32)30-17-5-3-16(27)4-6-17;2-1-3/h2-8,11-14,31H,9-10H2,1H3,(H,30,32);1H,(H2,2,3). The summed E-state index contributed by atoms with van der Waals surface area (Å²) in [5, 5.41) is 13.3. The van der Waals surface area contributed by atoms with Crippen LogP contribution < -0.4 is 20.5 Å². The van der Waals surface area contributed by atoms with E-state index in [4.69, 9.17) is 14.3 Å². The van der Waals surface area contributed by atoms with E-state index in [1.165, 1.54) is 55.8 Å². The maximum atomic E-state index is 15.1. The lowest BCUT2D eigenvalue weighted by molar-refractivity contribution is -0.118. The molecule has 0 atom stereocenters. The van der Waals surface area contributed by atoms with Crippen LogP contribution >= 0.6 is 0 Å². The van der Waals surface area contributed by atoms with Crippen molar-refractivity contribution in [1.82, 2.24) is 4.98 Å². The molecule has 1 fully saturated rings. The van der Waals surface area contributed by atoms with Gasteiger partial charge in [0.1, 0.15) is 11.6 Å². The number of halogens is 2. The van der Waals surface area contributed by atoms with E-state index in [0.29, 0.717) is 40.7 Å². The van der Waals surface area contributed by atoms with Crippen molar-refractivity contribution in [3.8, 4) is 23.0 Å². The highest BCUT2D eigenvalue weighted by Crippen LogP contribution is 2.50. The molecule has 2 amide bonds. The van der Waals surface area contributed by atoms with E-state index in [2.05, 4.69) is 16.0 Å². The van der Waals surface area contributed by atoms with E-state index < -0.39 is 17.0 Å². The van der Waals surface area contributed by atoms with Gasteiger partial charge in [-0.2, -0.15) is 0 Å². The minimum absolute atomic E-state index is 0.0157. The second-order valence-corrected chi connectivity index (χ2v) is 8.28. The first-order valence-corrected chi connectivity index (χ1v) is 11.2. The zero-order valence-electron chi connectivity index (χ0n) is 19.7. The highest BCUT2D eigenvalue weighted by Gasteiger charge is 2.51. The van der Waals surface area contributed by atoms with Gasteiger partial charge in [-0.3, -0.25) is 14.6 Å². The zero-order chi connectivity index (χ0) is 26.6. The van der Waals surface area contributed by atoms with Crippen molar-refractivity contribution in [2.75, 3.05) is 12.4 Å². The monoisotopic (exact) mass is 507 g/mol. The molecule has 1 heterocycles. The molecule has 4 N–H and O–H groups in total. The first-order chi connectivity index (χ1) is 17.8. The third kappa shape index (κ3) is 5.27. The van der Waals surface area contributed by atoms with Gasteiger partial charge in [-0.05, 0) is 66.9 Å². The van der Waals surface area contributed by atoms with Crippen molar-refractivity contribution >= 4 is 28.9 Å². The predicted octanol–water partition coefficient (Wildman–Crippen LogP) is 4.79. The Balaban J connectivity index is 0.00000102. The van der Waals surface area contributed by atoms with Crippen molar-refractivity contribution < 1.29 is 33.0 Å². The lowest BCUT2D eigenvalue weighted by Crippen LogP contribution is -2.27. The minimum atomic E-state index is -0.831. The number of ether oxygens (including phenoxy) is 2. The number of phenolic OH excluding ortho intramolecular Hbond substituents is 1. The summed E-state index contributed by atoms with van der Waals surface area (Å²) >= 11 is 0. The van der Waals surface area contributed by atoms with Crippen molar-refractivity contribution in [3.05, 3.63) is 84.1 Å². The molecule has 0 spiro atoms. The van der Waals surface area contributed by atoms with Gasteiger partial charge in [0.05, 0.1) is 18.0 Å². The van der Waals surface area contributed by atoms with Crippen LogP contribution in [0.4, 0.5) is 14.5 Å². The Hall–Kier alpha value is -4.73. The Morgan fingerprint density at radius 2 is 1.76 bits per heavy atom. The summed E-state index contributed by atoms with van der Waals surface area (Å²) in [6, 6.07) is 14.6. The second-order valence-electron chi connectivity index (χ2n) is 8.28. The van der Waals surface area contributed by atoms with Gasteiger partial charge in [0.15, 0.2) is 23.1 Å². The van der Waals surface area contributed by atoms with Gasteiger partial charge in [0.2, 0.25) is 12.3 Å². The number of nitrogens with zero attached hydrogens (tertiary/aromatic N) is 1. The van der Waals surface area contributed by atoms with Crippen LogP contribution in [0.5, 0.6) is 23.0 Å². The number of primary amides is 1. The number of methoxy groups -OCH3 is 1. The Morgan fingerprint density at radius 1 is 1.05 bits per heavy atom. The molecule has 37 heavy (non-hydrogen) atoms. The number of hydrogen-bond acceptors (Lipinski definition) is 6. The number of benzene rings is 3. The molecule has 0 aliphatic heterocycles. The number of phenols is 1. The van der Waals surface area contributed by atoms with Crippen LogP contribution in [0.25, 0.3) is 10.9 Å². The number of aromatic nitrogens is 1. The molecule has 1 aliphatic carbocycles. The van der Waals surface area contributed by atoms with Gasteiger partial charge in [0.25, 0.3) is 0 Å². The molecule has 1 aromatic heterocycles. The molecule has 4 aromatic rings. The van der Waals surface area contributed by atoms with Crippen LogP contribution in [-0.2, 0) is 15.0 Å². The van der Waals surface area contributed by atoms with Crippen molar-refractivity contribution in [2.45, 2.75) is 18.3 Å². The first kappa shape index (κ1) is 25.4. The smallest absolute Gasteiger partial charge is 0.235 e. The van der Waals surface area contributed by atoms with E-state index in [1.54, 1.807) is 18.2 Å². The van der Waals surface area contributed by atoms with Crippen LogP contribution in [-0.4, -0.2) is 29.5 Å². The number of anilines is 1. The van der Waals surface area contributed by atoms with Crippen LogP contribution in [0.2, 0.25) is 0 Å². The number of nitrogens with one attached hydrogen (secondary N) is 1. The number of fused-ring (bicyclic) bond motifs is 1. The molecule has 0 radical (unpaired) electrons. The molecule has 190 valence electrons. The summed E-state index contributed by atoms with van der Waals surface area (Å²) in [7, 11) is 1.43. The summed E-state index contributed by atoms with van der Waals surface area (Å²) in [5.74, 6) is -0.779. The number of carbonyl (C=O) groups excluding carboxylic acids is 2. The van der Waals surface area contributed by atoms with E-state index in [1.807, 2.05) is 0 Å². The fourth-order valence-electron chi connectivity index (χ4n) is 3.94. The zero-order valence-corrected chi connectivity index (χ0v) is 19.7. The maximum absolute atomic E-state index is 15.1. The van der Waals surface area contributed by atoms with Crippen molar-refractivity contribution in [2.24, 2.45) is 5.73 Å². The molecule has 5 rings (SSSR count). The summed E-state index contributed by atoms with van der Waals surface area (Å²) in [4.78, 5) is 25.7. The van der Waals surface area contributed by atoms with E-state index in [0.717, 1.165) is 0 Å². The normalized spacial score (nSPS) is 13.2.